The van der Waals surface area contributed by atoms with E-state index < -0.39 is 72.5 Å². The summed E-state index contributed by atoms with van der Waals surface area (Å²) in [5.41, 5.74) is 0.328. The van der Waals surface area contributed by atoms with Crippen LogP contribution < -0.4 is 62.7 Å². The number of aromatic carboxylic acids is 3. The van der Waals surface area contributed by atoms with Gasteiger partial charge in [-0.2, -0.15) is 0 Å². The first-order valence-corrected chi connectivity index (χ1v) is 38.3. The molecule has 0 aliphatic rings. The van der Waals surface area contributed by atoms with Crippen LogP contribution in [-0.4, -0.2) is 203 Å². The lowest BCUT2D eigenvalue weighted by Crippen LogP contribution is -2.27. The molecule has 2 amide bonds. The number of ether oxygens (including phenoxy) is 15. The number of rotatable bonds is 35. The summed E-state index contributed by atoms with van der Waals surface area (Å²) in [4.78, 5) is 132. The van der Waals surface area contributed by atoms with Crippen molar-refractivity contribution in [2.45, 2.75) is 146 Å². The first-order valence-electron chi connectivity index (χ1n) is 36.5. The third-order valence-electron chi connectivity index (χ3n) is 13.2. The van der Waals surface area contributed by atoms with Gasteiger partial charge in [0.2, 0.25) is 0 Å². The predicted molar refractivity (Wildman–Crippen MR) is 440 cm³/mol. The van der Waals surface area contributed by atoms with Crippen molar-refractivity contribution in [2.75, 3.05) is 65.0 Å². The maximum absolute atomic E-state index is 12.3. The summed E-state index contributed by atoms with van der Waals surface area (Å²) in [6.07, 6.45) is 2.66. The van der Waals surface area contributed by atoms with Gasteiger partial charge in [0.15, 0.2) is 43.3 Å². The van der Waals surface area contributed by atoms with Gasteiger partial charge in [0, 0.05) is 70.7 Å². The predicted octanol–water partition coefficient (Wildman–Crippen LogP) is 13.6. The number of aromatic hydroxyl groups is 1. The molecule has 2 heterocycles. The molecule has 656 valence electrons. The Labute approximate surface area is 705 Å². The Morgan fingerprint density at radius 1 is 0.339 bits per heavy atom. The molecule has 2 aromatic heterocycles. The molecule has 0 saturated heterocycles. The highest BCUT2D eigenvalue weighted by Gasteiger charge is 2.21. The summed E-state index contributed by atoms with van der Waals surface area (Å²) in [5.74, 6) is -4.81. The van der Waals surface area contributed by atoms with Gasteiger partial charge < -0.3 is 102 Å². The van der Waals surface area contributed by atoms with Crippen molar-refractivity contribution in [1.29, 1.82) is 0 Å². The number of nitrogens with one attached hydrogen (secondary N) is 2. The minimum Gasteiger partial charge on any atom is -0.508 e. The number of carboxylic acid groups (broad SMARTS) is 5. The van der Waals surface area contributed by atoms with Crippen molar-refractivity contribution in [1.82, 2.24) is 9.97 Å². The van der Waals surface area contributed by atoms with Gasteiger partial charge in [-0.25, -0.2) is 53.1 Å². The molecule has 8 rings (SSSR count). The fourth-order valence-electron chi connectivity index (χ4n) is 8.88. The molecule has 6 aromatic carbocycles. The summed E-state index contributed by atoms with van der Waals surface area (Å²) in [6, 6.07) is 26.2. The van der Waals surface area contributed by atoms with Gasteiger partial charge in [0.05, 0.1) is 80.2 Å². The molecule has 36 nitrogen and oxygen atoms in total. The smallest absolute Gasteiger partial charge is 0.344 e. The zero-order chi connectivity index (χ0) is 90.8. The van der Waals surface area contributed by atoms with Gasteiger partial charge in [-0.15, -0.1) is 22.7 Å². The lowest BCUT2D eigenvalue weighted by atomic mass is 10.2. The van der Waals surface area contributed by atoms with E-state index >= 15 is 0 Å². The summed E-state index contributed by atoms with van der Waals surface area (Å²) in [6.45, 7) is 25.4. The first kappa shape index (κ1) is 102. The Hall–Kier alpha value is -13.7. The molecule has 0 atom stereocenters. The van der Waals surface area contributed by atoms with Crippen molar-refractivity contribution in [3.63, 3.8) is 0 Å². The highest BCUT2D eigenvalue weighted by molar-refractivity contribution is 7.14. The second-order valence-electron chi connectivity index (χ2n) is 27.1. The lowest BCUT2D eigenvalue weighted by Gasteiger charge is -2.19. The Morgan fingerprint density at radius 3 is 0.843 bits per heavy atom. The number of aliphatic carboxylic acids is 2. The molecule has 0 saturated carbocycles. The minimum atomic E-state index is -1.14. The van der Waals surface area contributed by atoms with Crippen LogP contribution in [0.5, 0.6) is 69.0 Å². The van der Waals surface area contributed by atoms with Gasteiger partial charge in [-0.3, -0.25) is 20.2 Å². The molecule has 0 unspecified atom stereocenters. The largest absolute Gasteiger partial charge is 0.508 e. The van der Waals surface area contributed by atoms with E-state index in [0.717, 1.165) is 0 Å². The lowest BCUT2D eigenvalue weighted by molar-refractivity contribution is -0.157. The normalized spacial score (nSPS) is 10.4. The fraction of sp³-hybridized carbons (Fsp3) is 0.361. The number of thiazole rings is 2. The quantitative estimate of drug-likeness (QED) is 0.0135. The van der Waals surface area contributed by atoms with Crippen LogP contribution in [-0.2, 0) is 42.9 Å². The van der Waals surface area contributed by atoms with Crippen LogP contribution in [0.2, 0.25) is 0 Å². The van der Waals surface area contributed by atoms with E-state index in [1.165, 1.54) is 129 Å². The molecule has 38 heteroatoms. The van der Waals surface area contributed by atoms with Gasteiger partial charge in [0.1, 0.15) is 74.6 Å². The van der Waals surface area contributed by atoms with E-state index in [1.54, 1.807) is 82.0 Å². The number of hydrogen-bond donors (Lipinski definition) is 8. The Morgan fingerprint density at radius 2 is 0.595 bits per heavy atom. The number of carbonyl (C=O) groups excluding carboxylic acids is 6. The number of aromatic nitrogens is 2. The van der Waals surface area contributed by atoms with Crippen molar-refractivity contribution < 1.29 is 154 Å². The molecular weight excluding hydrogens is 1630 g/mol. The molecule has 121 heavy (non-hydrogen) atoms. The van der Waals surface area contributed by atoms with Crippen molar-refractivity contribution in [2.24, 2.45) is 0 Å². The summed E-state index contributed by atoms with van der Waals surface area (Å²) < 4.78 is 77.3. The second-order valence-corrected chi connectivity index (χ2v) is 28.9. The third-order valence-corrected chi connectivity index (χ3v) is 14.6. The summed E-state index contributed by atoms with van der Waals surface area (Å²) in [7, 11) is 3.80. The molecule has 8 aromatic rings. The average molecular weight is 1730 g/mol. The fourth-order valence-corrected chi connectivity index (χ4v) is 9.93. The van der Waals surface area contributed by atoms with E-state index in [-0.39, 0.29) is 119 Å². The third kappa shape index (κ3) is 42.9. The van der Waals surface area contributed by atoms with Crippen LogP contribution >= 0.6 is 22.7 Å². The molecule has 0 bridgehead atoms. The van der Waals surface area contributed by atoms with E-state index in [0.29, 0.717) is 61.6 Å². The number of anilines is 2. The second kappa shape index (κ2) is 51.5. The Bertz CT molecular complexity index is 4710. The van der Waals surface area contributed by atoms with E-state index in [9.17, 15) is 57.8 Å². The van der Waals surface area contributed by atoms with Gasteiger partial charge in [0.25, 0.3) is 11.8 Å². The van der Waals surface area contributed by atoms with Crippen molar-refractivity contribution in [3.8, 4) is 69.0 Å². The summed E-state index contributed by atoms with van der Waals surface area (Å²) >= 11 is 2.61. The van der Waals surface area contributed by atoms with Gasteiger partial charge >= 0.3 is 53.7 Å². The number of hydrogen-bond acceptors (Lipinski definition) is 31. The number of carboxylic acids is 5. The van der Waals surface area contributed by atoms with Crippen LogP contribution in [0.25, 0.3) is 0 Å². The number of carbonyl (C=O) groups is 11. The van der Waals surface area contributed by atoms with Crippen LogP contribution in [0.15, 0.2) is 132 Å². The van der Waals surface area contributed by atoms with E-state index in [1.807, 2.05) is 69.2 Å². The monoisotopic (exact) mass is 1730 g/mol. The maximum Gasteiger partial charge on any atom is 0.344 e. The van der Waals surface area contributed by atoms with Crippen LogP contribution in [0, 0.1) is 0 Å². The molecular formula is C83H100N4O32S2. The number of esters is 4. The van der Waals surface area contributed by atoms with Crippen molar-refractivity contribution in [3.05, 3.63) is 166 Å². The zero-order valence-corrected chi connectivity index (χ0v) is 71.3. The SMILES string of the molecule is CC(C)Oc1cc(OCC(=O)O)cc(C(=O)Nc2nccs2)c1.CC(C)Oc1cc(OCC(=O)O)cc(C(=O)O)c1.CC(C)Oc1cc(OCC(=O)OC(C)(C)C)cc(C(=O)O)c1.COC(=O)COc1cc(OC(C)C)cc(C(=O)Nc2nccs2)c1.COC(=O)COc1cc(OC(C)C)cc(C(=O)O)c1.COC(=O)c1cc(O)cc(OC(C)C)c1. The summed E-state index contributed by atoms with van der Waals surface area (Å²) in [5, 5.41) is 63.4. The van der Waals surface area contributed by atoms with E-state index in [4.69, 9.17) is 82.4 Å². The molecule has 0 radical (unpaired) electrons. The number of phenolic OH excluding ortho intramolecular Hbond substituents is 1. The van der Waals surface area contributed by atoms with Gasteiger partial charge in [-0.1, -0.05) is 0 Å². The molecule has 0 aliphatic carbocycles. The number of benzene rings is 6. The molecule has 8 N–H and O–H groups in total. The number of methoxy groups -OCH3 is 3. The average Bonchev–Trinajstić information content (AvgIpc) is 1.39. The number of amides is 2. The number of nitrogens with zero attached hydrogens (tertiary/aromatic N) is 2. The highest BCUT2D eigenvalue weighted by atomic mass is 32.1. The number of phenols is 1. The Kier molecular flexibility index (Phi) is 43.2. The van der Waals surface area contributed by atoms with Crippen LogP contribution in [0.1, 0.15) is 166 Å². The van der Waals surface area contributed by atoms with E-state index in [2.05, 4.69) is 34.8 Å². The van der Waals surface area contributed by atoms with Crippen LogP contribution in [0.4, 0.5) is 10.3 Å². The molecule has 0 spiro atoms. The molecule has 0 aliphatic heterocycles. The minimum absolute atomic E-state index is 0.0164. The van der Waals surface area contributed by atoms with Crippen LogP contribution in [0.3, 0.4) is 0 Å². The zero-order valence-electron chi connectivity index (χ0n) is 69.7. The van der Waals surface area contributed by atoms with Crippen molar-refractivity contribution >= 4 is 98.5 Å². The standard InChI is InChI=1S/C16H18N2O5S.C16H22O6.C15H16N2O5S.C13H16O6.C12H14O6.C11H14O4/c1-10(2)23-13-7-11(15(20)18-16-17-4-5-24-16)6-12(8-13)22-9-14(19)21-3;1-10(2)21-13-7-11(15(18)19)6-12(8-13)20-9-14(17)22-16(3,4)5;1-9(2)22-12-6-10(5-11(7-12)21-8-13(18)19)14(20)17-15-16-3-4-23-15;1-8(2)19-11-5-9(13(15)16)4-10(6-11)18-7-12(14)17-3;1-7(2)18-10-4-8(12(15)16)3-9(5-10)17-6-11(13)14;1-7(2)15-10-5-8(11(13)14-3)4-9(12)6-10/h4-8,10H,9H2,1-3H3,(H,17,18,20);6-8,10H,9H2,1-5H3,(H,18,19);3-7,9H,8H2,1-2H3,(H,18,19)(H,16,17,20);4-6,8H,7H2,1-3H3,(H,15,16);3-5,7H,6H2,1-2H3,(H,13,14)(H,15,16);4-7,12H,1-3H3. The topological polar surface area (TPSA) is 497 Å². The maximum atomic E-state index is 12.3. The first-order chi connectivity index (χ1) is 56.8. The highest BCUT2D eigenvalue weighted by Crippen LogP contribution is 2.31. The van der Waals surface area contributed by atoms with Gasteiger partial charge in [-0.05, 0) is 177 Å². The molecule has 0 fully saturated rings. The Balaban J connectivity index is 0.000000377.